The molecule has 4 atom stereocenters. The molecule has 3 fully saturated rings. The summed E-state index contributed by atoms with van der Waals surface area (Å²) in [7, 11) is 1.34. The van der Waals surface area contributed by atoms with Crippen LogP contribution in [-0.4, -0.2) is 81.9 Å². The van der Waals surface area contributed by atoms with Gasteiger partial charge < -0.3 is 25.2 Å². The van der Waals surface area contributed by atoms with E-state index in [0.717, 1.165) is 17.7 Å². The van der Waals surface area contributed by atoms with Gasteiger partial charge in [0.15, 0.2) is 11.6 Å². The lowest BCUT2D eigenvalue weighted by atomic mass is 9.95. The van der Waals surface area contributed by atoms with Crippen LogP contribution in [0.2, 0.25) is 0 Å². The summed E-state index contributed by atoms with van der Waals surface area (Å²) in [4.78, 5) is 59.1. The van der Waals surface area contributed by atoms with Crippen LogP contribution in [0.25, 0.3) is 0 Å². The summed E-state index contributed by atoms with van der Waals surface area (Å²) in [6, 6.07) is 1.69. The Labute approximate surface area is 234 Å². The Morgan fingerprint density at radius 2 is 2.00 bits per heavy atom. The van der Waals surface area contributed by atoms with Gasteiger partial charge in [-0.15, -0.1) is 0 Å². The summed E-state index contributed by atoms with van der Waals surface area (Å²) in [5.74, 6) is -4.02. The molecule has 5 rings (SSSR count). The van der Waals surface area contributed by atoms with Crippen LogP contribution in [0.3, 0.4) is 0 Å². The van der Waals surface area contributed by atoms with Gasteiger partial charge in [0, 0.05) is 19.7 Å². The maximum atomic E-state index is 14.0. The van der Waals surface area contributed by atoms with E-state index in [4.69, 9.17) is 4.74 Å². The average Bonchev–Trinajstić information content (AvgIpc) is 3.44. The highest BCUT2D eigenvalue weighted by Gasteiger charge is 2.57. The van der Waals surface area contributed by atoms with Gasteiger partial charge in [0.1, 0.15) is 18.1 Å². The minimum atomic E-state index is -5.17. The van der Waals surface area contributed by atoms with Gasteiger partial charge in [-0.3, -0.25) is 19.2 Å². The van der Waals surface area contributed by atoms with Crippen LogP contribution in [0.5, 0.6) is 5.75 Å². The molecule has 2 aliphatic carbocycles. The third kappa shape index (κ3) is 5.67. The number of hydrogen-bond acceptors (Lipinski definition) is 7. The number of amides is 4. The zero-order valence-electron chi connectivity index (χ0n) is 22.4. The predicted octanol–water partition coefficient (Wildman–Crippen LogP) is 2.14. The van der Waals surface area contributed by atoms with Crippen molar-refractivity contribution in [2.24, 2.45) is 11.8 Å². The quantitative estimate of drug-likeness (QED) is 0.506. The minimum Gasteiger partial charge on any atom is -0.472 e. The molecule has 14 heteroatoms. The second-order valence-corrected chi connectivity index (χ2v) is 11.4. The van der Waals surface area contributed by atoms with Crippen molar-refractivity contribution < 1.29 is 37.1 Å². The standard InChI is InChI=1S/C27H31F3N6O5/c1-35(23(38)20(16-5-2-3-6-16)33-25(40)27(28,29)30)18(11-15-8-9-15)22(37)36-14-26(12-17(36)13-31)24(39)34-21-19(41-26)7-4-10-32-21/h4,7,10,15-18,20H,2-3,5-6,8-9,11-12,14H2,1H3,(H,33,40)(H,32,34,39)/t17-,18-,20-,26+/m0/s1. The molecule has 1 aromatic rings. The average molecular weight is 577 g/mol. The first-order valence-electron chi connectivity index (χ1n) is 13.7. The monoisotopic (exact) mass is 576 g/mol. The van der Waals surface area contributed by atoms with Crippen LogP contribution in [-0.2, 0) is 19.2 Å². The predicted molar refractivity (Wildman–Crippen MR) is 136 cm³/mol. The minimum absolute atomic E-state index is 0.116. The molecule has 0 radical (unpaired) electrons. The summed E-state index contributed by atoms with van der Waals surface area (Å²) in [5.41, 5.74) is -1.55. The zero-order chi connectivity index (χ0) is 29.5. The molecule has 2 aliphatic heterocycles. The van der Waals surface area contributed by atoms with Crippen LogP contribution in [0.15, 0.2) is 18.3 Å². The maximum absolute atomic E-state index is 14.0. The fourth-order valence-corrected chi connectivity index (χ4v) is 6.06. The number of nitriles is 1. The first kappa shape index (κ1) is 28.6. The number of alkyl halides is 3. The number of ether oxygens (including phenoxy) is 1. The van der Waals surface area contributed by atoms with Crippen molar-refractivity contribution in [2.45, 2.75) is 81.3 Å². The van der Waals surface area contributed by atoms with Gasteiger partial charge in [-0.2, -0.15) is 18.4 Å². The summed E-state index contributed by atoms with van der Waals surface area (Å²) >= 11 is 0. The first-order chi connectivity index (χ1) is 19.4. The van der Waals surface area contributed by atoms with E-state index in [2.05, 4.69) is 16.4 Å². The molecule has 1 aromatic heterocycles. The number of hydrogen-bond donors (Lipinski definition) is 2. The van der Waals surface area contributed by atoms with E-state index in [1.807, 2.05) is 5.32 Å². The van der Waals surface area contributed by atoms with Crippen molar-refractivity contribution in [1.29, 1.82) is 5.26 Å². The second kappa shape index (κ2) is 10.8. The Kier molecular flexibility index (Phi) is 7.56. The van der Waals surface area contributed by atoms with Gasteiger partial charge in [0.2, 0.25) is 17.4 Å². The molecule has 2 N–H and O–H groups in total. The summed E-state index contributed by atoms with van der Waals surface area (Å²) in [5, 5.41) is 14.5. The van der Waals surface area contributed by atoms with Crippen LogP contribution >= 0.6 is 0 Å². The molecular weight excluding hydrogens is 545 g/mol. The Morgan fingerprint density at radius 1 is 1.29 bits per heavy atom. The van der Waals surface area contributed by atoms with Crippen LogP contribution < -0.4 is 15.4 Å². The van der Waals surface area contributed by atoms with Crippen molar-refractivity contribution in [2.75, 3.05) is 18.9 Å². The highest BCUT2D eigenvalue weighted by atomic mass is 19.4. The van der Waals surface area contributed by atoms with Gasteiger partial charge in [-0.05, 0) is 43.2 Å². The first-order valence-corrected chi connectivity index (χ1v) is 13.7. The van der Waals surface area contributed by atoms with Crippen LogP contribution in [0.4, 0.5) is 19.0 Å². The molecule has 0 bridgehead atoms. The number of rotatable bonds is 7. The van der Waals surface area contributed by atoms with E-state index in [-0.39, 0.29) is 31.1 Å². The third-order valence-electron chi connectivity index (χ3n) is 8.51. The molecule has 11 nitrogen and oxygen atoms in total. The molecule has 1 spiro atoms. The second-order valence-electron chi connectivity index (χ2n) is 11.4. The summed E-state index contributed by atoms with van der Waals surface area (Å²) < 4.78 is 45.4. The van der Waals surface area contributed by atoms with Crippen molar-refractivity contribution in [3.8, 4) is 11.8 Å². The van der Waals surface area contributed by atoms with Gasteiger partial charge in [-0.1, -0.05) is 25.7 Å². The molecule has 220 valence electrons. The molecule has 4 amide bonds. The molecule has 2 saturated carbocycles. The van der Waals surface area contributed by atoms with E-state index in [0.29, 0.717) is 31.4 Å². The number of likely N-dealkylation sites (N-methyl/N-ethyl adjacent to an activating group) is 1. The molecule has 41 heavy (non-hydrogen) atoms. The normalized spacial score (nSPS) is 25.5. The lowest BCUT2D eigenvalue weighted by Gasteiger charge is -2.36. The number of aromatic nitrogens is 1. The molecule has 4 aliphatic rings. The lowest BCUT2D eigenvalue weighted by Crippen LogP contribution is -2.59. The fourth-order valence-electron chi connectivity index (χ4n) is 6.06. The molecule has 3 heterocycles. The van der Waals surface area contributed by atoms with Crippen molar-refractivity contribution in [3.05, 3.63) is 18.3 Å². The summed E-state index contributed by atoms with van der Waals surface area (Å²) in [6.45, 7) is -0.260. The highest BCUT2D eigenvalue weighted by Crippen LogP contribution is 2.41. The zero-order valence-corrected chi connectivity index (χ0v) is 22.4. The number of nitrogens with zero attached hydrogens (tertiary/aromatic N) is 4. The van der Waals surface area contributed by atoms with E-state index in [9.17, 15) is 37.6 Å². The van der Waals surface area contributed by atoms with Crippen LogP contribution in [0.1, 0.15) is 51.4 Å². The van der Waals surface area contributed by atoms with E-state index in [1.165, 1.54) is 18.1 Å². The number of likely N-dealkylation sites (tertiary alicyclic amines) is 1. The SMILES string of the molecule is CN(C(=O)[C@@H](NC(=O)C(F)(F)F)C1CCCC1)[C@@H](CC1CC1)C(=O)N1C[C@@]2(C[C@H]1C#N)Oc1cccnc1NC2=O. The Balaban J connectivity index is 1.39. The number of pyridine rings is 1. The number of carbonyl (C=O) groups excluding carboxylic acids is 4. The molecule has 1 saturated heterocycles. The van der Waals surface area contributed by atoms with Crippen molar-refractivity contribution >= 4 is 29.4 Å². The molecule has 0 aromatic carbocycles. The van der Waals surface area contributed by atoms with E-state index >= 15 is 0 Å². The van der Waals surface area contributed by atoms with Gasteiger partial charge >= 0.3 is 12.1 Å². The number of carbonyl (C=O) groups is 4. The Hall–Kier alpha value is -3.89. The number of anilines is 1. The number of nitrogens with one attached hydrogen (secondary N) is 2. The third-order valence-corrected chi connectivity index (χ3v) is 8.51. The molecular formula is C27H31F3N6O5. The maximum Gasteiger partial charge on any atom is 0.471 e. The van der Waals surface area contributed by atoms with Gasteiger partial charge in [0.25, 0.3) is 5.91 Å². The van der Waals surface area contributed by atoms with Crippen molar-refractivity contribution in [1.82, 2.24) is 20.1 Å². The molecule has 0 unspecified atom stereocenters. The lowest BCUT2D eigenvalue weighted by molar-refractivity contribution is -0.175. The fraction of sp³-hybridized carbons (Fsp3) is 0.630. The highest BCUT2D eigenvalue weighted by molar-refractivity contribution is 6.01. The van der Waals surface area contributed by atoms with Crippen LogP contribution in [0, 0.1) is 23.2 Å². The topological polar surface area (TPSA) is 145 Å². The Morgan fingerprint density at radius 3 is 2.63 bits per heavy atom. The van der Waals surface area contributed by atoms with Gasteiger partial charge in [0.05, 0.1) is 12.6 Å². The van der Waals surface area contributed by atoms with Gasteiger partial charge in [-0.25, -0.2) is 4.98 Å². The number of fused-ring (bicyclic) bond motifs is 1. The largest absolute Gasteiger partial charge is 0.472 e. The Bertz CT molecular complexity index is 1270. The van der Waals surface area contributed by atoms with Crippen molar-refractivity contribution in [3.63, 3.8) is 0 Å². The van der Waals surface area contributed by atoms with E-state index < -0.39 is 59.4 Å². The smallest absolute Gasteiger partial charge is 0.471 e. The summed E-state index contributed by atoms with van der Waals surface area (Å²) in [6.07, 6.45) is 0.451. The number of halogens is 3. The van der Waals surface area contributed by atoms with E-state index in [1.54, 1.807) is 12.1 Å².